The largest absolute Gasteiger partial charge is 0.310 e. The van der Waals surface area contributed by atoms with Crippen LogP contribution in [0.5, 0.6) is 0 Å². The van der Waals surface area contributed by atoms with Crippen LogP contribution in [-0.2, 0) is 10.8 Å². The van der Waals surface area contributed by atoms with Gasteiger partial charge < -0.3 is 9.80 Å². The maximum absolute atomic E-state index is 2.53. The first-order valence-electron chi connectivity index (χ1n) is 26.7. The zero-order valence-corrected chi connectivity index (χ0v) is 44.1. The van der Waals surface area contributed by atoms with Crippen LogP contribution in [0.3, 0.4) is 0 Å². The van der Waals surface area contributed by atoms with Gasteiger partial charge in [-0.05, 0) is 206 Å². The van der Waals surface area contributed by atoms with Crippen LogP contribution in [0.15, 0.2) is 255 Å². The third-order valence-corrected chi connectivity index (χ3v) is 15.6. The number of hydrogen-bond donors (Lipinski definition) is 0. The number of nitrogens with zero attached hydrogens (tertiary/aromatic N) is 2. The second-order valence-corrected chi connectivity index (χ2v) is 22.5. The molecule has 0 saturated carbocycles. The Kier molecular flexibility index (Phi) is 11.4. The molecule has 0 unspecified atom stereocenters. The summed E-state index contributed by atoms with van der Waals surface area (Å²) in [6.07, 6.45) is 0. The summed E-state index contributed by atoms with van der Waals surface area (Å²) >= 11 is 0. The van der Waals surface area contributed by atoms with Crippen LogP contribution < -0.4 is 9.80 Å². The van der Waals surface area contributed by atoms with Crippen LogP contribution in [0.4, 0.5) is 34.1 Å². The lowest BCUT2D eigenvalue weighted by Gasteiger charge is -2.26. The van der Waals surface area contributed by atoms with E-state index >= 15 is 0 Å². The quantitative estimate of drug-likeness (QED) is 0.111. The van der Waals surface area contributed by atoms with E-state index < -0.39 is 0 Å². The van der Waals surface area contributed by atoms with Gasteiger partial charge in [-0.2, -0.15) is 0 Å². The minimum absolute atomic E-state index is 0.0396. The van der Waals surface area contributed by atoms with E-state index in [0.717, 1.165) is 34.1 Å². The monoisotopic (exact) mass is 976 g/mol. The lowest BCUT2D eigenvalue weighted by molar-refractivity contribution is 0.591. The van der Waals surface area contributed by atoms with Gasteiger partial charge in [-0.25, -0.2) is 0 Å². The Bertz CT molecular complexity index is 3970. The topological polar surface area (TPSA) is 6.48 Å². The number of para-hydroxylation sites is 4. The van der Waals surface area contributed by atoms with Gasteiger partial charge in [0.1, 0.15) is 0 Å². The van der Waals surface area contributed by atoms with Crippen molar-refractivity contribution in [1.82, 2.24) is 0 Å². The number of fused-ring (bicyclic) bond motifs is 12. The number of rotatable bonds is 8. The Balaban J connectivity index is 1.15. The van der Waals surface area contributed by atoms with Crippen molar-refractivity contribution in [3.63, 3.8) is 0 Å². The smallest absolute Gasteiger partial charge is 0.0468 e. The molecule has 0 saturated heterocycles. The van der Waals surface area contributed by atoms with Crippen LogP contribution >= 0.6 is 0 Å². The Morgan fingerprint density at radius 3 is 0.803 bits per heavy atom. The minimum atomic E-state index is -0.0396. The lowest BCUT2D eigenvalue weighted by atomic mass is 9.81. The normalized spacial score (nSPS) is 12.1. The highest BCUT2D eigenvalue weighted by atomic mass is 15.1. The maximum Gasteiger partial charge on any atom is 0.0468 e. The van der Waals surface area contributed by atoms with Crippen LogP contribution in [0.2, 0.25) is 0 Å². The molecule has 0 N–H and O–H groups in total. The zero-order valence-electron chi connectivity index (χ0n) is 44.1. The third-order valence-electron chi connectivity index (χ3n) is 15.6. The summed E-state index contributed by atoms with van der Waals surface area (Å²) in [5, 5.41) is 14.8. The summed E-state index contributed by atoms with van der Waals surface area (Å²) < 4.78 is 0. The van der Waals surface area contributed by atoms with E-state index in [0.29, 0.717) is 0 Å². The highest BCUT2D eigenvalue weighted by Crippen LogP contribution is 2.48. The maximum atomic E-state index is 2.53. The number of hydrogen-bond acceptors (Lipinski definition) is 2. The molecule has 0 amide bonds. The van der Waals surface area contributed by atoms with Crippen LogP contribution in [0.25, 0.3) is 86.9 Å². The first-order chi connectivity index (χ1) is 37.0. The van der Waals surface area contributed by atoms with Gasteiger partial charge in [0, 0.05) is 34.1 Å². The van der Waals surface area contributed by atoms with Gasteiger partial charge in [0.25, 0.3) is 0 Å². The Morgan fingerprint density at radius 2 is 0.474 bits per heavy atom. The summed E-state index contributed by atoms with van der Waals surface area (Å²) in [6, 6.07) is 94.7. The van der Waals surface area contributed by atoms with Crippen LogP contribution in [0.1, 0.15) is 52.7 Å². The molecule has 0 aliphatic heterocycles. The SMILES string of the molecule is CC(C)(C)c1ccccc1-c1ccc2c(c1)c1cc3c4ccc(N(c5ccccc5)c5ccccc5)cc4c4ccc(-c5ccccc5C(C)(C)C)cc4c3cc1c1ccc(N(c3ccccc3)c3ccccc3)cc21. The van der Waals surface area contributed by atoms with Crippen molar-refractivity contribution in [3.05, 3.63) is 266 Å². The molecule has 0 heterocycles. The van der Waals surface area contributed by atoms with Crippen molar-refractivity contribution in [1.29, 1.82) is 0 Å². The molecule has 13 aromatic carbocycles. The van der Waals surface area contributed by atoms with E-state index in [4.69, 9.17) is 0 Å². The Hall–Kier alpha value is -8.98. The van der Waals surface area contributed by atoms with E-state index in [-0.39, 0.29) is 10.8 Å². The van der Waals surface area contributed by atoms with Gasteiger partial charge in [0.05, 0.1) is 0 Å². The molecule has 0 aliphatic carbocycles. The molecule has 76 heavy (non-hydrogen) atoms. The molecule has 2 nitrogen and oxygen atoms in total. The zero-order chi connectivity index (χ0) is 51.7. The third kappa shape index (κ3) is 8.13. The molecular formula is C74H60N2. The summed E-state index contributed by atoms with van der Waals surface area (Å²) in [7, 11) is 0. The van der Waals surface area contributed by atoms with Crippen molar-refractivity contribution in [3.8, 4) is 22.3 Å². The van der Waals surface area contributed by atoms with Crippen LogP contribution in [0, 0.1) is 0 Å². The molecule has 13 aromatic rings. The van der Waals surface area contributed by atoms with E-state index in [1.165, 1.54) is 98.0 Å². The van der Waals surface area contributed by atoms with E-state index in [1.807, 2.05) is 0 Å². The molecule has 0 spiro atoms. The average Bonchev–Trinajstić information content (AvgIpc) is 3.63. The molecule has 2 heteroatoms. The van der Waals surface area contributed by atoms with Gasteiger partial charge >= 0.3 is 0 Å². The minimum Gasteiger partial charge on any atom is -0.310 e. The van der Waals surface area contributed by atoms with Crippen molar-refractivity contribution < 1.29 is 0 Å². The molecule has 366 valence electrons. The summed E-state index contributed by atoms with van der Waals surface area (Å²) in [5.74, 6) is 0. The number of benzene rings is 13. The van der Waals surface area contributed by atoms with Crippen LogP contribution in [-0.4, -0.2) is 0 Å². The summed E-state index contributed by atoms with van der Waals surface area (Å²) in [5.41, 5.74) is 14.3. The van der Waals surface area contributed by atoms with E-state index in [1.54, 1.807) is 0 Å². The molecule has 0 bridgehead atoms. The van der Waals surface area contributed by atoms with Gasteiger partial charge in [-0.1, -0.05) is 199 Å². The second-order valence-electron chi connectivity index (χ2n) is 22.5. The highest BCUT2D eigenvalue weighted by molar-refractivity contribution is 6.34. The fourth-order valence-electron chi connectivity index (χ4n) is 12.1. The molecular weight excluding hydrogens is 917 g/mol. The summed E-state index contributed by atoms with van der Waals surface area (Å²) in [6.45, 7) is 13.9. The predicted octanol–water partition coefficient (Wildman–Crippen LogP) is 21.5. The van der Waals surface area contributed by atoms with E-state index in [9.17, 15) is 0 Å². The lowest BCUT2D eigenvalue weighted by Crippen LogP contribution is -2.12. The first kappa shape index (κ1) is 46.8. The van der Waals surface area contributed by atoms with Crippen molar-refractivity contribution in [2.45, 2.75) is 52.4 Å². The fourth-order valence-corrected chi connectivity index (χ4v) is 12.1. The molecule has 13 rings (SSSR count). The molecule has 0 aliphatic rings. The molecule has 0 atom stereocenters. The van der Waals surface area contributed by atoms with Crippen molar-refractivity contribution in [2.24, 2.45) is 0 Å². The second kappa shape index (κ2) is 18.4. The molecule has 0 fully saturated rings. The Morgan fingerprint density at radius 1 is 0.211 bits per heavy atom. The number of anilines is 6. The van der Waals surface area contributed by atoms with Crippen molar-refractivity contribution >= 4 is 98.8 Å². The Labute approximate surface area is 446 Å². The van der Waals surface area contributed by atoms with E-state index in [2.05, 4.69) is 306 Å². The standard InChI is InChI=1S/C74H60N2/c1-73(2,3)71-33-21-19-31-57(71)49-35-39-59-63(43-49)69-47-68-62-42-38-56(76(53-27-15-9-16-28-53)54-29-17-10-18-30-54)46-66(62)60-40-36-50(58-32-20-22-34-72(58)74(4,5)6)44-64(60)70(68)48-67(69)61-41-37-55(45-65(59)61)75(51-23-11-7-12-24-51)52-25-13-8-14-26-52/h7-48H,1-6H3. The predicted molar refractivity (Wildman–Crippen MR) is 329 cm³/mol. The first-order valence-corrected chi connectivity index (χ1v) is 26.7. The van der Waals surface area contributed by atoms with Gasteiger partial charge in [-0.3, -0.25) is 0 Å². The van der Waals surface area contributed by atoms with Gasteiger partial charge in [0.2, 0.25) is 0 Å². The van der Waals surface area contributed by atoms with Crippen molar-refractivity contribution in [2.75, 3.05) is 9.80 Å². The molecule has 0 aromatic heterocycles. The summed E-state index contributed by atoms with van der Waals surface area (Å²) in [4.78, 5) is 4.76. The highest BCUT2D eigenvalue weighted by Gasteiger charge is 2.24. The molecule has 0 radical (unpaired) electrons. The van der Waals surface area contributed by atoms with Gasteiger partial charge in [-0.15, -0.1) is 0 Å². The fraction of sp³-hybridized carbons (Fsp3) is 0.108. The van der Waals surface area contributed by atoms with Gasteiger partial charge in [0.15, 0.2) is 0 Å². The average molecular weight is 977 g/mol.